The number of nitrogens with zero attached hydrogens (tertiary/aromatic N) is 1. The minimum atomic E-state index is -0.602. The summed E-state index contributed by atoms with van der Waals surface area (Å²) < 4.78 is 9.61. The van der Waals surface area contributed by atoms with Gasteiger partial charge in [-0.3, -0.25) is 4.79 Å². The van der Waals surface area contributed by atoms with Crippen molar-refractivity contribution >= 4 is 20.0 Å². The quantitative estimate of drug-likeness (QED) is 0.554. The normalized spacial score (nSPS) is 12.8. The number of esters is 1. The molecular weight excluding hydrogens is 221 g/mol. The molecule has 1 atom stereocenters. The molecule has 0 bridgehead atoms. The summed E-state index contributed by atoms with van der Waals surface area (Å²) in [5.74, 6) is -0.325. The first-order valence-corrected chi connectivity index (χ1v) is 5.51. The molecule has 0 spiro atoms. The van der Waals surface area contributed by atoms with Crippen molar-refractivity contribution in [2.45, 2.75) is 52.2 Å². The fourth-order valence-electron chi connectivity index (χ4n) is 1.06. The van der Waals surface area contributed by atoms with Crippen LogP contribution in [0.25, 0.3) is 0 Å². The first-order valence-electron chi connectivity index (χ1n) is 5.51. The highest BCUT2D eigenvalue weighted by Gasteiger charge is 2.22. The Hall–Kier alpha value is -1.20. The molecule has 1 amide bonds. The SMILES string of the molecule is [B]N(C(=O)OC(C)(C)C)C(C)CCC(=O)OC. The molecule has 0 N–H and O–H groups in total. The molecule has 0 aliphatic heterocycles. The average Bonchev–Trinajstić information content (AvgIpc) is 2.21. The van der Waals surface area contributed by atoms with Gasteiger partial charge in [-0.1, -0.05) is 0 Å². The van der Waals surface area contributed by atoms with E-state index < -0.39 is 11.7 Å². The van der Waals surface area contributed by atoms with E-state index in [2.05, 4.69) is 4.74 Å². The Kier molecular flexibility index (Phi) is 6.06. The molecule has 0 aromatic carbocycles. The van der Waals surface area contributed by atoms with E-state index in [1.807, 2.05) is 0 Å². The Morgan fingerprint density at radius 1 is 1.35 bits per heavy atom. The van der Waals surface area contributed by atoms with Gasteiger partial charge in [0.15, 0.2) is 0 Å². The van der Waals surface area contributed by atoms with Crippen LogP contribution in [0, 0.1) is 0 Å². The highest BCUT2D eigenvalue weighted by atomic mass is 16.6. The van der Waals surface area contributed by atoms with Gasteiger partial charge in [-0.25, -0.2) is 4.79 Å². The number of hydrogen-bond acceptors (Lipinski definition) is 4. The van der Waals surface area contributed by atoms with E-state index in [0.717, 1.165) is 4.81 Å². The molecule has 0 saturated heterocycles. The molecule has 5 nitrogen and oxygen atoms in total. The van der Waals surface area contributed by atoms with Crippen molar-refractivity contribution in [1.29, 1.82) is 0 Å². The van der Waals surface area contributed by atoms with Crippen LogP contribution < -0.4 is 0 Å². The van der Waals surface area contributed by atoms with Gasteiger partial charge >= 0.3 is 12.1 Å². The molecule has 0 aliphatic rings. The van der Waals surface area contributed by atoms with Crippen molar-refractivity contribution in [2.24, 2.45) is 0 Å². The standard InChI is InChI=1S/C11H20BNO4/c1-8(6-7-9(14)16-5)13(12)10(15)17-11(2,3)4/h8H,6-7H2,1-5H3. The number of amides is 1. The van der Waals surface area contributed by atoms with E-state index in [4.69, 9.17) is 12.7 Å². The first-order chi connectivity index (χ1) is 7.67. The smallest absolute Gasteiger partial charge is 0.397 e. The molecule has 0 rings (SSSR count). The number of methoxy groups -OCH3 is 1. The van der Waals surface area contributed by atoms with Gasteiger partial charge in [-0.05, 0) is 34.1 Å². The summed E-state index contributed by atoms with van der Waals surface area (Å²) in [7, 11) is 6.92. The van der Waals surface area contributed by atoms with Crippen LogP contribution in [0.3, 0.4) is 0 Å². The average molecular weight is 241 g/mol. The monoisotopic (exact) mass is 241 g/mol. The van der Waals surface area contributed by atoms with Crippen LogP contribution in [0.15, 0.2) is 0 Å². The first kappa shape index (κ1) is 15.8. The lowest BCUT2D eigenvalue weighted by molar-refractivity contribution is -0.140. The molecule has 0 fully saturated rings. The zero-order valence-electron chi connectivity index (χ0n) is 11.1. The van der Waals surface area contributed by atoms with Gasteiger partial charge in [-0.2, -0.15) is 0 Å². The molecule has 0 heterocycles. The lowest BCUT2D eigenvalue weighted by Crippen LogP contribution is -2.40. The Labute approximate surface area is 104 Å². The zero-order chi connectivity index (χ0) is 13.6. The van der Waals surface area contributed by atoms with Crippen LogP contribution in [0.2, 0.25) is 0 Å². The molecule has 0 aliphatic carbocycles. The predicted octanol–water partition coefficient (Wildman–Crippen LogP) is 1.65. The number of carbonyl (C=O) groups excluding carboxylic acids is 2. The summed E-state index contributed by atoms with van der Waals surface area (Å²) >= 11 is 0. The zero-order valence-corrected chi connectivity index (χ0v) is 11.1. The van der Waals surface area contributed by atoms with Gasteiger partial charge in [0.2, 0.25) is 7.98 Å². The molecule has 0 saturated carbocycles. The third kappa shape index (κ3) is 6.86. The van der Waals surface area contributed by atoms with Crippen LogP contribution in [-0.2, 0) is 14.3 Å². The Morgan fingerprint density at radius 2 is 1.88 bits per heavy atom. The minimum Gasteiger partial charge on any atom is -0.469 e. The Balaban J connectivity index is 4.16. The molecule has 6 heteroatoms. The molecule has 2 radical (unpaired) electrons. The highest BCUT2D eigenvalue weighted by Crippen LogP contribution is 2.12. The number of hydrogen-bond donors (Lipinski definition) is 0. The van der Waals surface area contributed by atoms with E-state index in [0.29, 0.717) is 6.42 Å². The summed E-state index contributed by atoms with van der Waals surface area (Å²) in [6, 6.07) is -0.288. The summed E-state index contributed by atoms with van der Waals surface area (Å²) in [6.07, 6.45) is 0.0474. The second-order valence-corrected chi connectivity index (χ2v) is 4.85. The maximum absolute atomic E-state index is 11.6. The molecule has 1 unspecified atom stereocenters. The van der Waals surface area contributed by atoms with Gasteiger partial charge in [0, 0.05) is 12.5 Å². The highest BCUT2D eigenvalue weighted by molar-refractivity contribution is 6.13. The predicted molar refractivity (Wildman–Crippen MR) is 64.5 cm³/mol. The van der Waals surface area contributed by atoms with Crippen molar-refractivity contribution in [3.63, 3.8) is 0 Å². The van der Waals surface area contributed by atoms with Gasteiger partial charge in [0.1, 0.15) is 5.60 Å². The maximum Gasteiger partial charge on any atom is 0.397 e. The van der Waals surface area contributed by atoms with E-state index in [1.165, 1.54) is 7.11 Å². The third-order valence-corrected chi connectivity index (χ3v) is 2.07. The van der Waals surface area contributed by atoms with Crippen LogP contribution in [0.1, 0.15) is 40.5 Å². The lowest BCUT2D eigenvalue weighted by atomic mass is 10.1. The molecule has 0 aromatic rings. The van der Waals surface area contributed by atoms with E-state index in [-0.39, 0.29) is 18.4 Å². The topological polar surface area (TPSA) is 55.8 Å². The van der Waals surface area contributed by atoms with Crippen LogP contribution >= 0.6 is 0 Å². The fourth-order valence-corrected chi connectivity index (χ4v) is 1.06. The van der Waals surface area contributed by atoms with Gasteiger partial charge < -0.3 is 14.3 Å². The van der Waals surface area contributed by atoms with E-state index >= 15 is 0 Å². The van der Waals surface area contributed by atoms with Crippen molar-refractivity contribution in [3.8, 4) is 0 Å². The minimum absolute atomic E-state index is 0.216. The third-order valence-electron chi connectivity index (χ3n) is 2.07. The number of ether oxygens (including phenoxy) is 2. The van der Waals surface area contributed by atoms with Crippen LogP contribution in [0.5, 0.6) is 0 Å². The second kappa shape index (κ2) is 6.52. The molecule has 17 heavy (non-hydrogen) atoms. The summed E-state index contributed by atoms with van der Waals surface area (Å²) in [5, 5.41) is 0. The second-order valence-electron chi connectivity index (χ2n) is 4.85. The summed E-state index contributed by atoms with van der Waals surface area (Å²) in [5.41, 5.74) is -0.587. The van der Waals surface area contributed by atoms with Gasteiger partial charge in [0.05, 0.1) is 7.11 Å². The Morgan fingerprint density at radius 3 is 2.29 bits per heavy atom. The summed E-state index contributed by atoms with van der Waals surface area (Å²) in [4.78, 5) is 23.5. The maximum atomic E-state index is 11.6. The molecule has 96 valence electrons. The summed E-state index contributed by atoms with van der Waals surface area (Å²) in [6.45, 7) is 7.03. The van der Waals surface area contributed by atoms with Gasteiger partial charge in [0.25, 0.3) is 0 Å². The molecule has 0 aromatic heterocycles. The van der Waals surface area contributed by atoms with Crippen molar-refractivity contribution in [1.82, 2.24) is 4.81 Å². The largest absolute Gasteiger partial charge is 0.469 e. The number of carbonyl (C=O) groups is 2. The van der Waals surface area contributed by atoms with Gasteiger partial charge in [-0.15, -0.1) is 0 Å². The number of rotatable bonds is 4. The lowest BCUT2D eigenvalue weighted by Gasteiger charge is -2.29. The van der Waals surface area contributed by atoms with Crippen molar-refractivity contribution < 1.29 is 19.1 Å². The van der Waals surface area contributed by atoms with Crippen LogP contribution in [0.4, 0.5) is 4.79 Å². The van der Waals surface area contributed by atoms with E-state index in [1.54, 1.807) is 27.7 Å². The van der Waals surface area contributed by atoms with Crippen LogP contribution in [-0.4, -0.2) is 43.6 Å². The Bertz CT molecular complexity index is 275. The molecular formula is C11H20BNO4. The fraction of sp³-hybridized carbons (Fsp3) is 0.818. The van der Waals surface area contributed by atoms with E-state index in [9.17, 15) is 9.59 Å². The van der Waals surface area contributed by atoms with Crippen molar-refractivity contribution in [3.05, 3.63) is 0 Å². The van der Waals surface area contributed by atoms with Crippen molar-refractivity contribution in [2.75, 3.05) is 7.11 Å².